The van der Waals surface area contributed by atoms with Gasteiger partial charge in [-0.05, 0) is 98.5 Å². The number of H-pyrrole nitrogens is 2. The summed E-state index contributed by atoms with van der Waals surface area (Å²) in [6.45, 7) is 4.76. The summed E-state index contributed by atoms with van der Waals surface area (Å²) in [5, 5.41) is 0. The number of unbranched alkanes of at least 4 members (excludes halogenated alkanes) is 2. The van der Waals surface area contributed by atoms with Crippen molar-refractivity contribution in [2.75, 3.05) is 13.1 Å². The molecule has 3 aromatic heterocycles. The van der Waals surface area contributed by atoms with Crippen molar-refractivity contribution in [2.45, 2.75) is 70.3 Å². The summed E-state index contributed by atoms with van der Waals surface area (Å²) in [7, 11) is 0. The van der Waals surface area contributed by atoms with Crippen molar-refractivity contribution in [2.24, 2.45) is 0 Å². The lowest BCUT2D eigenvalue weighted by Gasteiger charge is -2.31. The van der Waals surface area contributed by atoms with Gasteiger partial charge in [0.15, 0.2) is 0 Å². The van der Waals surface area contributed by atoms with Gasteiger partial charge in [0.2, 0.25) is 0 Å². The van der Waals surface area contributed by atoms with Crippen LogP contribution in [0.4, 0.5) is 0 Å². The van der Waals surface area contributed by atoms with Crippen LogP contribution < -0.4 is 0 Å². The Morgan fingerprint density at radius 2 is 1.97 bits per heavy atom. The first-order chi connectivity index (χ1) is 14.8. The molecule has 1 aliphatic heterocycles. The van der Waals surface area contributed by atoms with Gasteiger partial charge in [-0.15, -0.1) is 0 Å². The number of hydrogen-bond acceptors (Lipinski definition) is 2. The van der Waals surface area contributed by atoms with Crippen LogP contribution >= 0.6 is 0 Å². The van der Waals surface area contributed by atoms with Crippen LogP contribution in [0.2, 0.25) is 0 Å². The molecule has 4 heteroatoms. The van der Waals surface area contributed by atoms with E-state index >= 15 is 0 Å². The van der Waals surface area contributed by atoms with E-state index in [-0.39, 0.29) is 0 Å². The van der Waals surface area contributed by atoms with Gasteiger partial charge >= 0.3 is 0 Å². The SMILES string of the molecule is CCCCCC(=Cc1ccc2[nH]cc(C3CCN(C4CC4)CC3)c2n1)c1cc[nH]c1. The third kappa shape index (κ3) is 4.24. The van der Waals surface area contributed by atoms with E-state index in [2.05, 4.69) is 58.5 Å². The van der Waals surface area contributed by atoms with Crippen LogP contribution in [0.3, 0.4) is 0 Å². The van der Waals surface area contributed by atoms with Crippen molar-refractivity contribution in [3.8, 4) is 0 Å². The molecule has 158 valence electrons. The maximum atomic E-state index is 5.12. The molecule has 0 aromatic carbocycles. The summed E-state index contributed by atoms with van der Waals surface area (Å²) in [6, 6.07) is 7.43. The topological polar surface area (TPSA) is 47.7 Å². The standard InChI is InChI=1S/C26H34N4/c1-2-3-4-5-20(21-10-13-27-17-21)16-22-6-9-25-26(29-22)24(18-28-25)19-11-14-30(15-12-19)23-7-8-23/h6,9-10,13,16-19,23,27-28H,2-5,7-8,11-12,14-15H2,1H3. The second-order valence-electron chi connectivity index (χ2n) is 9.14. The van der Waals surface area contributed by atoms with Crippen LogP contribution in [0.5, 0.6) is 0 Å². The Balaban J connectivity index is 1.39. The molecule has 1 aliphatic carbocycles. The van der Waals surface area contributed by atoms with Crippen molar-refractivity contribution in [3.63, 3.8) is 0 Å². The lowest BCUT2D eigenvalue weighted by molar-refractivity contribution is 0.204. The Bertz CT molecular complexity index is 985. The smallest absolute Gasteiger partial charge is 0.0920 e. The van der Waals surface area contributed by atoms with Gasteiger partial charge in [0.25, 0.3) is 0 Å². The molecular formula is C26H34N4. The number of rotatable bonds is 8. The summed E-state index contributed by atoms with van der Waals surface area (Å²) in [5.41, 5.74) is 7.51. The Morgan fingerprint density at radius 3 is 2.70 bits per heavy atom. The fourth-order valence-corrected chi connectivity index (χ4v) is 5.01. The fourth-order valence-electron chi connectivity index (χ4n) is 5.01. The number of likely N-dealkylation sites (tertiary alicyclic amines) is 1. The van der Waals surface area contributed by atoms with Gasteiger partial charge in [-0.1, -0.05) is 19.8 Å². The van der Waals surface area contributed by atoms with Crippen molar-refractivity contribution in [1.82, 2.24) is 19.9 Å². The first-order valence-electron chi connectivity index (χ1n) is 11.9. The summed E-state index contributed by atoms with van der Waals surface area (Å²) in [6.07, 6.45) is 18.8. The highest BCUT2D eigenvalue weighted by molar-refractivity contribution is 5.85. The summed E-state index contributed by atoms with van der Waals surface area (Å²) in [5.74, 6) is 0.633. The van der Waals surface area contributed by atoms with Crippen LogP contribution in [0.1, 0.15) is 81.0 Å². The lowest BCUT2D eigenvalue weighted by atomic mass is 9.90. The van der Waals surface area contributed by atoms with Gasteiger partial charge in [-0.2, -0.15) is 0 Å². The van der Waals surface area contributed by atoms with Gasteiger partial charge in [0.1, 0.15) is 0 Å². The number of nitrogens with one attached hydrogen (secondary N) is 2. The molecule has 2 N–H and O–H groups in total. The normalized spacial score (nSPS) is 19.0. The second-order valence-corrected chi connectivity index (χ2v) is 9.14. The first kappa shape index (κ1) is 19.6. The highest BCUT2D eigenvalue weighted by Crippen LogP contribution is 2.36. The average Bonchev–Trinajstić information content (AvgIpc) is 3.31. The summed E-state index contributed by atoms with van der Waals surface area (Å²) < 4.78 is 0. The Hall–Kier alpha value is -2.33. The van der Waals surface area contributed by atoms with Crippen LogP contribution in [0.15, 0.2) is 36.8 Å². The molecule has 30 heavy (non-hydrogen) atoms. The van der Waals surface area contributed by atoms with E-state index in [1.165, 1.54) is 85.8 Å². The molecule has 0 atom stereocenters. The van der Waals surface area contributed by atoms with E-state index in [1.54, 1.807) is 0 Å². The molecule has 0 spiro atoms. The molecular weight excluding hydrogens is 368 g/mol. The van der Waals surface area contributed by atoms with Crippen molar-refractivity contribution < 1.29 is 0 Å². The van der Waals surface area contributed by atoms with E-state index in [0.717, 1.165) is 18.2 Å². The maximum absolute atomic E-state index is 5.12. The minimum atomic E-state index is 0.633. The van der Waals surface area contributed by atoms with Gasteiger partial charge in [-0.3, -0.25) is 0 Å². The molecule has 0 radical (unpaired) electrons. The number of allylic oxidation sites excluding steroid dienone is 1. The largest absolute Gasteiger partial charge is 0.367 e. The fraction of sp³-hybridized carbons (Fsp3) is 0.500. The number of nitrogens with zero attached hydrogens (tertiary/aromatic N) is 2. The molecule has 3 aromatic rings. The molecule has 4 nitrogen and oxygen atoms in total. The highest BCUT2D eigenvalue weighted by Gasteiger charge is 2.32. The number of piperidine rings is 1. The molecule has 0 amide bonds. The quantitative estimate of drug-likeness (QED) is 0.431. The Kier molecular flexibility index (Phi) is 5.76. The minimum Gasteiger partial charge on any atom is -0.367 e. The van der Waals surface area contributed by atoms with E-state index in [0.29, 0.717) is 5.92 Å². The predicted molar refractivity (Wildman–Crippen MR) is 125 cm³/mol. The zero-order valence-electron chi connectivity index (χ0n) is 18.2. The maximum Gasteiger partial charge on any atom is 0.0920 e. The van der Waals surface area contributed by atoms with E-state index < -0.39 is 0 Å². The van der Waals surface area contributed by atoms with Gasteiger partial charge in [-0.25, -0.2) is 4.98 Å². The molecule has 0 unspecified atom stereocenters. The van der Waals surface area contributed by atoms with Crippen LogP contribution in [-0.2, 0) is 0 Å². The van der Waals surface area contributed by atoms with Gasteiger partial charge in [0.05, 0.1) is 16.7 Å². The molecule has 2 aliphatic rings. The van der Waals surface area contributed by atoms with Gasteiger partial charge < -0.3 is 14.9 Å². The lowest BCUT2D eigenvalue weighted by Crippen LogP contribution is -2.34. The molecule has 0 bridgehead atoms. The van der Waals surface area contributed by atoms with E-state index in [1.807, 2.05) is 6.20 Å². The van der Waals surface area contributed by atoms with Crippen LogP contribution in [0, 0.1) is 0 Å². The Labute approximate surface area is 179 Å². The molecule has 1 saturated carbocycles. The minimum absolute atomic E-state index is 0.633. The molecule has 2 fully saturated rings. The molecule has 1 saturated heterocycles. The number of aromatic nitrogens is 3. The number of pyridine rings is 1. The van der Waals surface area contributed by atoms with Crippen molar-refractivity contribution in [3.05, 3.63) is 53.6 Å². The number of aromatic amines is 2. The zero-order valence-corrected chi connectivity index (χ0v) is 18.2. The van der Waals surface area contributed by atoms with Crippen molar-refractivity contribution >= 4 is 22.7 Å². The van der Waals surface area contributed by atoms with E-state index in [9.17, 15) is 0 Å². The third-order valence-electron chi connectivity index (χ3n) is 6.95. The summed E-state index contributed by atoms with van der Waals surface area (Å²) in [4.78, 5) is 14.5. The highest BCUT2D eigenvalue weighted by atomic mass is 15.2. The molecule has 4 heterocycles. The summed E-state index contributed by atoms with van der Waals surface area (Å²) >= 11 is 0. The monoisotopic (exact) mass is 402 g/mol. The number of fused-ring (bicyclic) bond motifs is 1. The zero-order chi connectivity index (χ0) is 20.3. The second kappa shape index (κ2) is 8.81. The Morgan fingerprint density at radius 1 is 1.10 bits per heavy atom. The first-order valence-corrected chi connectivity index (χ1v) is 11.9. The predicted octanol–water partition coefficient (Wildman–Crippen LogP) is 6.35. The van der Waals surface area contributed by atoms with Crippen LogP contribution in [0.25, 0.3) is 22.7 Å². The van der Waals surface area contributed by atoms with Crippen LogP contribution in [-0.4, -0.2) is 39.0 Å². The van der Waals surface area contributed by atoms with Gasteiger partial charge in [0, 0.05) is 24.6 Å². The van der Waals surface area contributed by atoms with Crippen molar-refractivity contribution in [1.29, 1.82) is 0 Å². The molecule has 5 rings (SSSR count). The average molecular weight is 403 g/mol. The van der Waals surface area contributed by atoms with E-state index in [4.69, 9.17) is 4.98 Å². The number of hydrogen-bond donors (Lipinski definition) is 2. The third-order valence-corrected chi connectivity index (χ3v) is 6.95.